The summed E-state index contributed by atoms with van der Waals surface area (Å²) in [7, 11) is 0. The zero-order valence-electron chi connectivity index (χ0n) is 11.9. The fourth-order valence-electron chi connectivity index (χ4n) is 2.56. The van der Waals surface area contributed by atoms with Gasteiger partial charge in [-0.15, -0.1) is 0 Å². The van der Waals surface area contributed by atoms with Crippen LogP contribution in [0.2, 0.25) is 0 Å². The van der Waals surface area contributed by atoms with Crippen LogP contribution in [0.1, 0.15) is 24.1 Å². The molecule has 1 heterocycles. The molecule has 0 aliphatic carbocycles. The minimum Gasteiger partial charge on any atom is -0.307 e. The maximum absolute atomic E-state index is 4.39. The molecule has 3 rings (SSSR count). The van der Waals surface area contributed by atoms with Crippen molar-refractivity contribution in [2.75, 3.05) is 6.54 Å². The molecule has 106 valence electrons. The van der Waals surface area contributed by atoms with Gasteiger partial charge in [0.05, 0.1) is 11.6 Å². The molecular formula is C18H17BrN2. The van der Waals surface area contributed by atoms with Crippen molar-refractivity contribution < 1.29 is 0 Å². The summed E-state index contributed by atoms with van der Waals surface area (Å²) in [5, 5.41) is 4.74. The number of benzene rings is 2. The van der Waals surface area contributed by atoms with Crippen LogP contribution in [0.4, 0.5) is 0 Å². The number of nitrogens with one attached hydrogen (secondary N) is 1. The highest BCUT2D eigenvalue weighted by Gasteiger charge is 2.13. The molecule has 0 saturated carbocycles. The highest BCUT2D eigenvalue weighted by Crippen LogP contribution is 2.26. The van der Waals surface area contributed by atoms with E-state index in [1.54, 1.807) is 0 Å². The smallest absolute Gasteiger partial charge is 0.0702 e. The van der Waals surface area contributed by atoms with Gasteiger partial charge in [0, 0.05) is 16.1 Å². The van der Waals surface area contributed by atoms with E-state index in [9.17, 15) is 0 Å². The topological polar surface area (TPSA) is 24.9 Å². The number of hydrogen-bond acceptors (Lipinski definition) is 2. The molecule has 0 amide bonds. The first-order valence-corrected chi connectivity index (χ1v) is 7.91. The number of halogens is 1. The Kier molecular flexibility index (Phi) is 4.32. The fraction of sp³-hybridized carbons (Fsp3) is 0.167. The van der Waals surface area contributed by atoms with E-state index in [1.165, 1.54) is 16.5 Å². The van der Waals surface area contributed by atoms with Gasteiger partial charge in [0.1, 0.15) is 0 Å². The standard InChI is InChI=1S/C18H17BrN2/c1-2-20-18(13-5-8-16(19)9-6-13)15-7-10-17-14(12-15)4-3-11-21-17/h3-12,18,20H,2H2,1H3. The summed E-state index contributed by atoms with van der Waals surface area (Å²) >= 11 is 3.49. The molecule has 0 spiro atoms. The van der Waals surface area contributed by atoms with Crippen LogP contribution in [-0.2, 0) is 0 Å². The van der Waals surface area contributed by atoms with Gasteiger partial charge in [0.2, 0.25) is 0 Å². The van der Waals surface area contributed by atoms with E-state index in [-0.39, 0.29) is 6.04 Å². The molecule has 2 nitrogen and oxygen atoms in total. The highest BCUT2D eigenvalue weighted by atomic mass is 79.9. The van der Waals surface area contributed by atoms with Crippen molar-refractivity contribution in [3.05, 3.63) is 76.4 Å². The van der Waals surface area contributed by atoms with E-state index >= 15 is 0 Å². The lowest BCUT2D eigenvalue weighted by Gasteiger charge is -2.19. The van der Waals surface area contributed by atoms with Crippen LogP contribution in [0.3, 0.4) is 0 Å². The van der Waals surface area contributed by atoms with Gasteiger partial charge in [-0.05, 0) is 48.0 Å². The molecule has 3 aromatic rings. The molecule has 2 aromatic carbocycles. The van der Waals surface area contributed by atoms with Crippen LogP contribution in [-0.4, -0.2) is 11.5 Å². The molecule has 1 aromatic heterocycles. The molecule has 0 fully saturated rings. The number of hydrogen-bond donors (Lipinski definition) is 1. The Labute approximate surface area is 133 Å². The number of fused-ring (bicyclic) bond motifs is 1. The number of nitrogens with zero attached hydrogens (tertiary/aromatic N) is 1. The second-order valence-corrected chi connectivity index (χ2v) is 5.91. The van der Waals surface area contributed by atoms with Crippen molar-refractivity contribution >= 4 is 26.8 Å². The summed E-state index contributed by atoms with van der Waals surface area (Å²) in [6.07, 6.45) is 1.83. The Bertz CT molecular complexity index is 738. The average molecular weight is 341 g/mol. The first-order valence-electron chi connectivity index (χ1n) is 7.11. The molecule has 0 aliphatic rings. The van der Waals surface area contributed by atoms with Crippen LogP contribution in [0.5, 0.6) is 0 Å². The first kappa shape index (κ1) is 14.2. The monoisotopic (exact) mass is 340 g/mol. The van der Waals surface area contributed by atoms with Gasteiger partial charge in [0.15, 0.2) is 0 Å². The van der Waals surface area contributed by atoms with E-state index in [0.29, 0.717) is 0 Å². The van der Waals surface area contributed by atoms with Crippen molar-refractivity contribution in [2.45, 2.75) is 13.0 Å². The molecule has 0 radical (unpaired) electrons. The lowest BCUT2D eigenvalue weighted by Crippen LogP contribution is -2.21. The average Bonchev–Trinajstić information content (AvgIpc) is 2.53. The SMILES string of the molecule is CCNC(c1ccc(Br)cc1)c1ccc2ncccc2c1. The minimum atomic E-state index is 0.202. The maximum atomic E-state index is 4.39. The lowest BCUT2D eigenvalue weighted by molar-refractivity contribution is 0.631. The van der Waals surface area contributed by atoms with Gasteiger partial charge in [-0.1, -0.05) is 47.1 Å². The van der Waals surface area contributed by atoms with Gasteiger partial charge in [-0.2, -0.15) is 0 Å². The molecule has 0 saturated heterocycles. The van der Waals surface area contributed by atoms with E-state index in [4.69, 9.17) is 0 Å². The predicted octanol–water partition coefficient (Wildman–Crippen LogP) is 4.70. The summed E-state index contributed by atoms with van der Waals surface area (Å²) < 4.78 is 1.10. The van der Waals surface area contributed by atoms with Crippen molar-refractivity contribution in [2.24, 2.45) is 0 Å². The van der Waals surface area contributed by atoms with Gasteiger partial charge >= 0.3 is 0 Å². The predicted molar refractivity (Wildman–Crippen MR) is 91.4 cm³/mol. The summed E-state index contributed by atoms with van der Waals surface area (Å²) in [6, 6.07) is 19.2. The minimum absolute atomic E-state index is 0.202. The van der Waals surface area contributed by atoms with Gasteiger partial charge < -0.3 is 5.32 Å². The van der Waals surface area contributed by atoms with Crippen LogP contribution in [0.25, 0.3) is 10.9 Å². The van der Waals surface area contributed by atoms with Gasteiger partial charge in [-0.25, -0.2) is 0 Å². The van der Waals surface area contributed by atoms with Crippen molar-refractivity contribution in [1.82, 2.24) is 10.3 Å². The zero-order valence-corrected chi connectivity index (χ0v) is 13.5. The lowest BCUT2D eigenvalue weighted by atomic mass is 9.97. The third-order valence-corrected chi connectivity index (χ3v) is 4.10. The highest BCUT2D eigenvalue weighted by molar-refractivity contribution is 9.10. The van der Waals surface area contributed by atoms with Crippen LogP contribution in [0, 0.1) is 0 Å². The molecular weight excluding hydrogens is 324 g/mol. The van der Waals surface area contributed by atoms with E-state index in [2.05, 4.69) is 81.7 Å². The summed E-state index contributed by atoms with van der Waals surface area (Å²) in [6.45, 7) is 3.06. The third-order valence-electron chi connectivity index (χ3n) is 3.57. The van der Waals surface area contributed by atoms with Crippen LogP contribution in [0.15, 0.2) is 65.3 Å². The summed E-state index contributed by atoms with van der Waals surface area (Å²) in [5.41, 5.74) is 3.57. The Balaban J connectivity index is 2.04. The molecule has 1 atom stereocenters. The summed E-state index contributed by atoms with van der Waals surface area (Å²) in [5.74, 6) is 0. The molecule has 1 N–H and O–H groups in total. The Morgan fingerprint density at radius 1 is 1.05 bits per heavy atom. The Hall–Kier alpha value is -1.71. The molecule has 3 heteroatoms. The second kappa shape index (κ2) is 6.37. The third kappa shape index (κ3) is 3.14. The normalized spacial score (nSPS) is 12.5. The first-order chi connectivity index (χ1) is 10.3. The van der Waals surface area contributed by atoms with Gasteiger partial charge in [-0.3, -0.25) is 4.98 Å². The second-order valence-electron chi connectivity index (χ2n) is 5.00. The van der Waals surface area contributed by atoms with E-state index < -0.39 is 0 Å². The van der Waals surface area contributed by atoms with Crippen LogP contribution >= 0.6 is 15.9 Å². The Morgan fingerprint density at radius 2 is 1.81 bits per heavy atom. The van der Waals surface area contributed by atoms with E-state index in [1.807, 2.05) is 12.3 Å². The van der Waals surface area contributed by atoms with Crippen molar-refractivity contribution in [3.63, 3.8) is 0 Å². The number of aromatic nitrogens is 1. The van der Waals surface area contributed by atoms with Crippen molar-refractivity contribution in [1.29, 1.82) is 0 Å². The molecule has 0 bridgehead atoms. The maximum Gasteiger partial charge on any atom is 0.0702 e. The zero-order chi connectivity index (χ0) is 14.7. The molecule has 1 unspecified atom stereocenters. The number of pyridine rings is 1. The van der Waals surface area contributed by atoms with Crippen molar-refractivity contribution in [3.8, 4) is 0 Å². The van der Waals surface area contributed by atoms with E-state index in [0.717, 1.165) is 16.5 Å². The number of rotatable bonds is 4. The largest absolute Gasteiger partial charge is 0.307 e. The molecule has 21 heavy (non-hydrogen) atoms. The van der Waals surface area contributed by atoms with Gasteiger partial charge in [0.25, 0.3) is 0 Å². The summed E-state index contributed by atoms with van der Waals surface area (Å²) in [4.78, 5) is 4.39. The Morgan fingerprint density at radius 3 is 2.57 bits per heavy atom. The fourth-order valence-corrected chi connectivity index (χ4v) is 2.83. The quantitative estimate of drug-likeness (QED) is 0.744. The molecule has 0 aliphatic heterocycles. The van der Waals surface area contributed by atoms with Crippen LogP contribution < -0.4 is 5.32 Å².